The molecule has 0 bridgehead atoms. The Morgan fingerprint density at radius 1 is 1.06 bits per heavy atom. The summed E-state index contributed by atoms with van der Waals surface area (Å²) in [5, 5.41) is 9.38. The van der Waals surface area contributed by atoms with Gasteiger partial charge in [-0.3, -0.25) is 10.1 Å². The van der Waals surface area contributed by atoms with Crippen LogP contribution in [-0.4, -0.2) is 41.4 Å². The second kappa shape index (κ2) is 8.84. The standard InChI is InChI=1S/C23H23Cl2N5O2/c1-12-22(25)21(16(24)11-26-12)13(2)32-19-8-15-17(9-18(19)31-5)28-29-23(15)14-6-7-20(27-10-14)30(3)4/h6-11,13H,1-5H3,(H,28,29)/t13-/m1/s1. The third-order valence-corrected chi connectivity index (χ3v) is 6.00. The molecule has 3 heterocycles. The quantitative estimate of drug-likeness (QED) is 0.380. The zero-order valence-electron chi connectivity index (χ0n) is 18.4. The lowest BCUT2D eigenvalue weighted by Crippen LogP contribution is -2.10. The molecular weight excluding hydrogens is 449 g/mol. The number of rotatable bonds is 6. The van der Waals surface area contributed by atoms with Crippen LogP contribution >= 0.6 is 23.2 Å². The van der Waals surface area contributed by atoms with Gasteiger partial charge in [-0.15, -0.1) is 0 Å². The number of aromatic nitrogens is 4. The summed E-state index contributed by atoms with van der Waals surface area (Å²) < 4.78 is 11.8. The zero-order chi connectivity index (χ0) is 23.0. The van der Waals surface area contributed by atoms with Crippen LogP contribution in [-0.2, 0) is 0 Å². The van der Waals surface area contributed by atoms with Crippen molar-refractivity contribution in [2.75, 3.05) is 26.1 Å². The minimum absolute atomic E-state index is 0.431. The number of benzene rings is 1. The Bertz CT molecular complexity index is 1270. The highest BCUT2D eigenvalue weighted by atomic mass is 35.5. The summed E-state index contributed by atoms with van der Waals surface area (Å²) in [7, 11) is 5.49. The third kappa shape index (κ3) is 4.06. The Labute approximate surface area is 196 Å². The second-order valence-electron chi connectivity index (χ2n) is 7.60. The number of hydrogen-bond acceptors (Lipinski definition) is 6. The van der Waals surface area contributed by atoms with Gasteiger partial charge >= 0.3 is 0 Å². The number of fused-ring (bicyclic) bond motifs is 1. The molecule has 0 fully saturated rings. The third-order valence-electron chi connectivity index (χ3n) is 5.22. The molecule has 1 aromatic carbocycles. The Kier molecular flexibility index (Phi) is 6.13. The number of anilines is 1. The average molecular weight is 472 g/mol. The van der Waals surface area contributed by atoms with Gasteiger partial charge in [0.2, 0.25) is 0 Å². The van der Waals surface area contributed by atoms with Gasteiger partial charge in [-0.25, -0.2) is 4.98 Å². The summed E-state index contributed by atoms with van der Waals surface area (Å²) in [5.74, 6) is 1.99. The molecular formula is C23H23Cl2N5O2. The summed E-state index contributed by atoms with van der Waals surface area (Å²) in [6.07, 6.45) is 2.95. The van der Waals surface area contributed by atoms with Crippen molar-refractivity contribution in [3.05, 3.63) is 58.0 Å². The van der Waals surface area contributed by atoms with E-state index < -0.39 is 6.10 Å². The SMILES string of the molecule is COc1cc2[nH]nc(-c3ccc(N(C)C)nc3)c2cc1O[C@H](C)c1c(Cl)cnc(C)c1Cl. The van der Waals surface area contributed by atoms with Crippen molar-refractivity contribution in [2.45, 2.75) is 20.0 Å². The summed E-state index contributed by atoms with van der Waals surface area (Å²) >= 11 is 12.8. The van der Waals surface area contributed by atoms with Crippen molar-refractivity contribution in [1.29, 1.82) is 0 Å². The van der Waals surface area contributed by atoms with Gasteiger partial charge in [-0.1, -0.05) is 23.2 Å². The first-order valence-corrected chi connectivity index (χ1v) is 10.7. The van der Waals surface area contributed by atoms with E-state index in [4.69, 9.17) is 32.7 Å². The van der Waals surface area contributed by atoms with E-state index in [0.717, 1.165) is 28.0 Å². The molecule has 1 atom stereocenters. The van der Waals surface area contributed by atoms with Crippen LogP contribution in [0.15, 0.2) is 36.7 Å². The van der Waals surface area contributed by atoms with Crippen molar-refractivity contribution in [2.24, 2.45) is 0 Å². The van der Waals surface area contributed by atoms with Gasteiger partial charge in [-0.2, -0.15) is 5.10 Å². The van der Waals surface area contributed by atoms with Crippen molar-refractivity contribution < 1.29 is 9.47 Å². The molecule has 9 heteroatoms. The van der Waals surface area contributed by atoms with Gasteiger partial charge in [0, 0.05) is 49.1 Å². The van der Waals surface area contributed by atoms with E-state index in [1.54, 1.807) is 19.5 Å². The molecule has 0 saturated heterocycles. The number of methoxy groups -OCH3 is 1. The van der Waals surface area contributed by atoms with E-state index in [1.165, 1.54) is 0 Å². The molecule has 4 rings (SSSR count). The van der Waals surface area contributed by atoms with Crippen molar-refractivity contribution in [3.63, 3.8) is 0 Å². The topological polar surface area (TPSA) is 76.2 Å². The molecule has 4 aromatic rings. The molecule has 7 nitrogen and oxygen atoms in total. The largest absolute Gasteiger partial charge is 0.493 e. The van der Waals surface area contributed by atoms with Gasteiger partial charge in [0.15, 0.2) is 11.5 Å². The number of nitrogens with one attached hydrogen (secondary N) is 1. The molecule has 0 aliphatic rings. The van der Waals surface area contributed by atoms with Crippen LogP contribution in [0.5, 0.6) is 11.5 Å². The monoisotopic (exact) mass is 471 g/mol. The van der Waals surface area contributed by atoms with Crippen LogP contribution in [0.1, 0.15) is 24.3 Å². The van der Waals surface area contributed by atoms with Crippen LogP contribution in [0.4, 0.5) is 5.82 Å². The Morgan fingerprint density at radius 2 is 1.84 bits per heavy atom. The Morgan fingerprint density at radius 3 is 2.50 bits per heavy atom. The van der Waals surface area contributed by atoms with E-state index >= 15 is 0 Å². The lowest BCUT2D eigenvalue weighted by Gasteiger charge is -2.20. The lowest BCUT2D eigenvalue weighted by atomic mass is 10.1. The van der Waals surface area contributed by atoms with Gasteiger partial charge in [0.25, 0.3) is 0 Å². The van der Waals surface area contributed by atoms with Crippen LogP contribution in [0, 0.1) is 6.92 Å². The number of nitrogens with zero attached hydrogens (tertiary/aromatic N) is 4. The van der Waals surface area contributed by atoms with E-state index in [1.807, 2.05) is 57.1 Å². The first-order chi connectivity index (χ1) is 15.3. The number of aryl methyl sites for hydroxylation is 1. The highest BCUT2D eigenvalue weighted by Gasteiger charge is 2.21. The predicted octanol–water partition coefficient (Wildman–Crippen LogP) is 5.85. The van der Waals surface area contributed by atoms with Crippen LogP contribution < -0.4 is 14.4 Å². The van der Waals surface area contributed by atoms with Crippen molar-refractivity contribution in [3.8, 4) is 22.8 Å². The molecule has 0 saturated carbocycles. The first kappa shape index (κ1) is 22.2. The molecule has 0 radical (unpaired) electrons. The van der Waals surface area contributed by atoms with Crippen LogP contribution in [0.25, 0.3) is 22.2 Å². The molecule has 166 valence electrons. The van der Waals surface area contributed by atoms with Gasteiger partial charge in [-0.05, 0) is 32.0 Å². The number of hydrogen-bond donors (Lipinski definition) is 1. The number of pyridine rings is 2. The van der Waals surface area contributed by atoms with Crippen LogP contribution in [0.3, 0.4) is 0 Å². The van der Waals surface area contributed by atoms with E-state index in [2.05, 4.69) is 20.2 Å². The fourth-order valence-electron chi connectivity index (χ4n) is 3.49. The Hall–Kier alpha value is -3.03. The fourth-order valence-corrected chi connectivity index (χ4v) is 4.14. The van der Waals surface area contributed by atoms with E-state index in [9.17, 15) is 0 Å². The Balaban J connectivity index is 1.75. The summed E-state index contributed by atoms with van der Waals surface area (Å²) in [6, 6.07) is 7.70. The highest BCUT2D eigenvalue weighted by molar-refractivity contribution is 6.36. The van der Waals surface area contributed by atoms with Crippen molar-refractivity contribution >= 4 is 39.9 Å². The minimum atomic E-state index is -0.431. The van der Waals surface area contributed by atoms with Crippen molar-refractivity contribution in [1.82, 2.24) is 20.2 Å². The van der Waals surface area contributed by atoms with Gasteiger partial charge in [0.1, 0.15) is 17.6 Å². The van der Waals surface area contributed by atoms with Gasteiger partial charge < -0.3 is 14.4 Å². The maximum Gasteiger partial charge on any atom is 0.162 e. The number of ether oxygens (including phenoxy) is 2. The summed E-state index contributed by atoms with van der Waals surface area (Å²) in [5.41, 5.74) is 3.86. The maximum atomic E-state index is 6.47. The smallest absolute Gasteiger partial charge is 0.162 e. The molecule has 0 unspecified atom stereocenters. The summed E-state index contributed by atoms with van der Waals surface area (Å²) in [6.45, 7) is 3.71. The summed E-state index contributed by atoms with van der Waals surface area (Å²) in [4.78, 5) is 10.6. The highest BCUT2D eigenvalue weighted by Crippen LogP contribution is 2.40. The average Bonchev–Trinajstić information content (AvgIpc) is 3.18. The lowest BCUT2D eigenvalue weighted by molar-refractivity contribution is 0.216. The van der Waals surface area contributed by atoms with Crippen LogP contribution in [0.2, 0.25) is 10.0 Å². The zero-order valence-corrected chi connectivity index (χ0v) is 19.9. The minimum Gasteiger partial charge on any atom is -0.493 e. The molecule has 0 spiro atoms. The maximum absolute atomic E-state index is 6.47. The number of aromatic amines is 1. The molecule has 0 aliphatic heterocycles. The molecule has 1 N–H and O–H groups in total. The fraction of sp³-hybridized carbons (Fsp3) is 0.261. The first-order valence-electron chi connectivity index (χ1n) is 9.97. The van der Waals surface area contributed by atoms with E-state index in [0.29, 0.717) is 32.8 Å². The normalized spacial score (nSPS) is 12.1. The molecule has 32 heavy (non-hydrogen) atoms. The van der Waals surface area contributed by atoms with Gasteiger partial charge in [0.05, 0.1) is 28.4 Å². The molecule has 0 aliphatic carbocycles. The number of H-pyrrole nitrogens is 1. The molecule has 0 amide bonds. The predicted molar refractivity (Wildman–Crippen MR) is 128 cm³/mol. The molecule has 3 aromatic heterocycles. The van der Waals surface area contributed by atoms with E-state index in [-0.39, 0.29) is 0 Å². The number of halogens is 2. The second-order valence-corrected chi connectivity index (χ2v) is 8.38.